The van der Waals surface area contributed by atoms with Crippen LogP contribution in [0.25, 0.3) is 0 Å². The van der Waals surface area contributed by atoms with Gasteiger partial charge in [0.05, 0.1) is 10.8 Å². The van der Waals surface area contributed by atoms with Gasteiger partial charge in [0.2, 0.25) is 0 Å². The van der Waals surface area contributed by atoms with Crippen molar-refractivity contribution in [2.24, 2.45) is 11.8 Å². The Kier molecular flexibility index (Phi) is 6.77. The number of aryl methyl sites for hydroxylation is 1. The van der Waals surface area contributed by atoms with Gasteiger partial charge < -0.3 is 15.2 Å². The van der Waals surface area contributed by atoms with Crippen LogP contribution >= 0.6 is 0 Å². The standard InChI is InChI=1S/C18H25NO6S/c1-3-12-4-5-14(10-16(12)26(2,23)24)17(20)19-11-15(18(21)22)13-6-8-25-9-7-13/h4-5,10,13,15H,3,6-9,11H2,1-2H3,(H,19,20)(H,21,22). The monoisotopic (exact) mass is 383 g/mol. The number of hydrogen-bond acceptors (Lipinski definition) is 5. The summed E-state index contributed by atoms with van der Waals surface area (Å²) in [6.45, 7) is 2.90. The molecule has 1 aliphatic heterocycles. The van der Waals surface area contributed by atoms with Gasteiger partial charge in [-0.2, -0.15) is 0 Å². The Balaban J connectivity index is 2.12. The number of carboxylic acid groups (broad SMARTS) is 1. The fraction of sp³-hybridized carbons (Fsp3) is 0.556. The molecule has 1 heterocycles. The molecule has 1 aromatic rings. The Labute approximate surface area is 153 Å². The van der Waals surface area contributed by atoms with Crippen molar-refractivity contribution in [3.8, 4) is 0 Å². The highest BCUT2D eigenvalue weighted by atomic mass is 32.2. The normalized spacial score (nSPS) is 16.8. The topological polar surface area (TPSA) is 110 Å². The van der Waals surface area contributed by atoms with Gasteiger partial charge in [0, 0.05) is 31.6 Å². The SMILES string of the molecule is CCc1ccc(C(=O)NCC(C(=O)O)C2CCOCC2)cc1S(C)(=O)=O. The molecule has 0 bridgehead atoms. The first kappa shape index (κ1) is 20.4. The number of ether oxygens (including phenoxy) is 1. The Morgan fingerprint density at radius 1 is 1.31 bits per heavy atom. The Hall–Kier alpha value is -1.93. The first-order valence-electron chi connectivity index (χ1n) is 8.65. The van der Waals surface area contributed by atoms with E-state index in [2.05, 4.69) is 5.32 Å². The molecule has 0 saturated carbocycles. The van der Waals surface area contributed by atoms with Gasteiger partial charge in [0.1, 0.15) is 0 Å². The van der Waals surface area contributed by atoms with E-state index in [-0.39, 0.29) is 22.9 Å². The first-order chi connectivity index (χ1) is 12.2. The van der Waals surface area contributed by atoms with E-state index < -0.39 is 27.6 Å². The van der Waals surface area contributed by atoms with Gasteiger partial charge in [0.15, 0.2) is 9.84 Å². The molecule has 0 spiro atoms. The smallest absolute Gasteiger partial charge is 0.308 e. The molecule has 0 radical (unpaired) electrons. The molecule has 7 nitrogen and oxygen atoms in total. The number of hydrogen-bond donors (Lipinski definition) is 2. The van der Waals surface area contributed by atoms with Crippen LogP contribution in [0, 0.1) is 11.8 Å². The van der Waals surface area contributed by atoms with Gasteiger partial charge in [-0.15, -0.1) is 0 Å². The molecule has 26 heavy (non-hydrogen) atoms. The number of rotatable bonds is 7. The largest absolute Gasteiger partial charge is 0.481 e. The van der Waals surface area contributed by atoms with Crippen LogP contribution in [0.2, 0.25) is 0 Å². The summed E-state index contributed by atoms with van der Waals surface area (Å²) >= 11 is 0. The zero-order chi connectivity index (χ0) is 19.3. The summed E-state index contributed by atoms with van der Waals surface area (Å²) in [6.07, 6.45) is 2.94. The van der Waals surface area contributed by atoms with Crippen LogP contribution in [0.4, 0.5) is 0 Å². The molecule has 2 rings (SSSR count). The number of carboxylic acids is 1. The molecule has 1 saturated heterocycles. The van der Waals surface area contributed by atoms with Gasteiger partial charge in [-0.05, 0) is 42.9 Å². The molecule has 1 unspecified atom stereocenters. The molecule has 1 amide bonds. The Bertz CT molecular complexity index is 768. The van der Waals surface area contributed by atoms with E-state index in [0.29, 0.717) is 38.0 Å². The van der Waals surface area contributed by atoms with Gasteiger partial charge in [-0.25, -0.2) is 8.42 Å². The predicted molar refractivity (Wildman–Crippen MR) is 95.9 cm³/mol. The lowest BCUT2D eigenvalue weighted by Crippen LogP contribution is -2.39. The van der Waals surface area contributed by atoms with E-state index in [1.54, 1.807) is 12.1 Å². The second-order valence-corrected chi connectivity index (χ2v) is 8.54. The number of carbonyl (C=O) groups is 2. The summed E-state index contributed by atoms with van der Waals surface area (Å²) in [6, 6.07) is 4.54. The quantitative estimate of drug-likeness (QED) is 0.739. The highest BCUT2D eigenvalue weighted by Gasteiger charge is 2.30. The van der Waals surface area contributed by atoms with Crippen molar-refractivity contribution in [2.75, 3.05) is 26.0 Å². The van der Waals surface area contributed by atoms with Gasteiger partial charge in [-0.3, -0.25) is 9.59 Å². The van der Waals surface area contributed by atoms with Crippen molar-refractivity contribution < 1.29 is 27.9 Å². The van der Waals surface area contributed by atoms with Crippen LogP contribution in [0.5, 0.6) is 0 Å². The minimum atomic E-state index is -3.45. The number of carbonyl (C=O) groups excluding carboxylic acids is 1. The van der Waals surface area contributed by atoms with Crippen LogP contribution in [0.15, 0.2) is 23.1 Å². The van der Waals surface area contributed by atoms with Gasteiger partial charge in [0.25, 0.3) is 5.91 Å². The third-order valence-electron chi connectivity index (χ3n) is 4.74. The van der Waals surface area contributed by atoms with Crippen molar-refractivity contribution in [1.29, 1.82) is 0 Å². The van der Waals surface area contributed by atoms with Crippen molar-refractivity contribution >= 4 is 21.7 Å². The summed E-state index contributed by atoms with van der Waals surface area (Å²) in [5, 5.41) is 12.1. The van der Waals surface area contributed by atoms with Gasteiger partial charge >= 0.3 is 5.97 Å². The Morgan fingerprint density at radius 2 is 1.96 bits per heavy atom. The van der Waals surface area contributed by atoms with Crippen LogP contribution in [0.3, 0.4) is 0 Å². The number of sulfone groups is 1. The van der Waals surface area contributed by atoms with Crippen molar-refractivity contribution in [3.63, 3.8) is 0 Å². The average Bonchev–Trinajstić information content (AvgIpc) is 2.61. The van der Waals surface area contributed by atoms with E-state index >= 15 is 0 Å². The highest BCUT2D eigenvalue weighted by molar-refractivity contribution is 7.90. The third-order valence-corrected chi connectivity index (χ3v) is 5.92. The number of benzene rings is 1. The molecular weight excluding hydrogens is 358 g/mol. The summed E-state index contributed by atoms with van der Waals surface area (Å²) in [4.78, 5) is 24.1. The van der Waals surface area contributed by atoms with Crippen LogP contribution in [0.1, 0.15) is 35.7 Å². The molecule has 2 N–H and O–H groups in total. The molecule has 1 aliphatic rings. The maximum absolute atomic E-state index is 12.4. The van der Waals surface area contributed by atoms with E-state index in [4.69, 9.17) is 4.74 Å². The van der Waals surface area contributed by atoms with E-state index in [9.17, 15) is 23.1 Å². The average molecular weight is 383 g/mol. The maximum Gasteiger partial charge on any atom is 0.308 e. The zero-order valence-electron chi connectivity index (χ0n) is 15.0. The lowest BCUT2D eigenvalue weighted by atomic mass is 9.86. The lowest BCUT2D eigenvalue weighted by Gasteiger charge is -2.27. The predicted octanol–water partition coefficient (Wildman–Crippen LogP) is 1.51. The molecule has 8 heteroatoms. The zero-order valence-corrected chi connectivity index (χ0v) is 15.8. The van der Waals surface area contributed by atoms with Crippen molar-refractivity contribution in [3.05, 3.63) is 29.3 Å². The second kappa shape index (κ2) is 8.64. The Morgan fingerprint density at radius 3 is 2.50 bits per heavy atom. The second-order valence-electron chi connectivity index (χ2n) is 6.55. The summed E-state index contributed by atoms with van der Waals surface area (Å²) < 4.78 is 29.1. The van der Waals surface area contributed by atoms with E-state index in [1.807, 2.05) is 6.92 Å². The van der Waals surface area contributed by atoms with E-state index in [0.717, 1.165) is 6.26 Å². The summed E-state index contributed by atoms with van der Waals surface area (Å²) in [5.41, 5.74) is 0.855. The first-order valence-corrected chi connectivity index (χ1v) is 10.5. The molecule has 0 aliphatic carbocycles. The fourth-order valence-corrected chi connectivity index (χ4v) is 4.24. The minimum Gasteiger partial charge on any atom is -0.481 e. The maximum atomic E-state index is 12.4. The van der Waals surface area contributed by atoms with Crippen molar-refractivity contribution in [2.45, 2.75) is 31.1 Å². The molecule has 1 atom stereocenters. The molecule has 144 valence electrons. The summed E-state index contributed by atoms with van der Waals surface area (Å²) in [7, 11) is -3.45. The summed E-state index contributed by atoms with van der Waals surface area (Å²) in [5.74, 6) is -2.16. The molecular formula is C18H25NO6S. The molecule has 0 aromatic heterocycles. The van der Waals surface area contributed by atoms with Gasteiger partial charge in [-0.1, -0.05) is 13.0 Å². The fourth-order valence-electron chi connectivity index (χ4n) is 3.21. The van der Waals surface area contributed by atoms with Crippen LogP contribution in [-0.2, 0) is 25.8 Å². The lowest BCUT2D eigenvalue weighted by molar-refractivity contribution is -0.144. The number of aliphatic carboxylic acids is 1. The third kappa shape index (κ3) is 5.04. The van der Waals surface area contributed by atoms with E-state index in [1.165, 1.54) is 6.07 Å². The van der Waals surface area contributed by atoms with Crippen LogP contribution in [-0.4, -0.2) is 51.4 Å². The molecule has 1 aromatic carbocycles. The number of amides is 1. The van der Waals surface area contributed by atoms with Crippen molar-refractivity contribution in [1.82, 2.24) is 5.32 Å². The highest BCUT2D eigenvalue weighted by Crippen LogP contribution is 2.24. The minimum absolute atomic E-state index is 0.00255. The number of nitrogens with one attached hydrogen (secondary N) is 1. The van der Waals surface area contributed by atoms with Crippen LogP contribution < -0.4 is 5.32 Å². The molecule has 1 fully saturated rings.